The summed E-state index contributed by atoms with van der Waals surface area (Å²) in [5.74, 6) is 0. The van der Waals surface area contributed by atoms with Crippen molar-refractivity contribution in [3.63, 3.8) is 0 Å². The van der Waals surface area contributed by atoms with E-state index in [1.54, 1.807) is 24.0 Å². The number of carbonyl (C=O) groups excluding carboxylic acids is 1. The largest absolute Gasteiger partial charge is 0.618 e. The van der Waals surface area contributed by atoms with Crippen LogP contribution in [0.1, 0.15) is 25.6 Å². The Hall–Kier alpha value is -2.13. The Bertz CT molecular complexity index is 578. The lowest BCUT2D eigenvalue weighted by molar-refractivity contribution is -0.616. The van der Waals surface area contributed by atoms with E-state index in [0.29, 0.717) is 43.6 Å². The number of pyridine rings is 1. The first-order valence-corrected chi connectivity index (χ1v) is 8.34. The molecule has 0 bridgehead atoms. The molecule has 1 aliphatic rings. The number of aromatic nitrogens is 1. The van der Waals surface area contributed by atoms with Crippen molar-refractivity contribution < 1.29 is 14.3 Å². The van der Waals surface area contributed by atoms with E-state index in [1.807, 2.05) is 17.9 Å². The minimum absolute atomic E-state index is 0.206. The fourth-order valence-electron chi connectivity index (χ4n) is 2.41. The minimum Gasteiger partial charge on any atom is -0.618 e. The fraction of sp³-hybridized carbons (Fsp3) is 0.533. The van der Waals surface area contributed by atoms with Crippen molar-refractivity contribution in [2.75, 3.05) is 32.8 Å². The van der Waals surface area contributed by atoms with E-state index in [4.69, 9.17) is 17.0 Å². The van der Waals surface area contributed by atoms with Gasteiger partial charge in [0, 0.05) is 38.3 Å². The normalized spacial score (nSPS) is 15.8. The maximum Gasteiger partial charge on any atom is 0.409 e. The fourth-order valence-corrected chi connectivity index (χ4v) is 2.65. The summed E-state index contributed by atoms with van der Waals surface area (Å²) in [6.07, 6.45) is 1.17. The Labute approximate surface area is 146 Å². The molecule has 1 aromatic heterocycles. The van der Waals surface area contributed by atoms with Crippen LogP contribution in [0.2, 0.25) is 0 Å². The zero-order valence-electron chi connectivity index (χ0n) is 13.9. The number of rotatable bonds is 4. The summed E-state index contributed by atoms with van der Waals surface area (Å²) < 4.78 is 5.81. The summed E-state index contributed by atoms with van der Waals surface area (Å²) in [6.45, 7) is 6.43. The molecule has 132 valence electrons. The first-order chi connectivity index (χ1) is 11.5. The van der Waals surface area contributed by atoms with Gasteiger partial charge in [-0.3, -0.25) is 5.43 Å². The number of hydrogen-bond acceptors (Lipinski definition) is 5. The van der Waals surface area contributed by atoms with E-state index in [1.165, 1.54) is 6.20 Å². The van der Waals surface area contributed by atoms with Crippen LogP contribution in [0.4, 0.5) is 4.79 Å². The van der Waals surface area contributed by atoms with Crippen LogP contribution < -0.4 is 15.6 Å². The van der Waals surface area contributed by atoms with Gasteiger partial charge in [0.15, 0.2) is 11.3 Å². The molecule has 0 radical (unpaired) electrons. The molecule has 1 aliphatic heterocycles. The molecule has 1 fully saturated rings. The van der Waals surface area contributed by atoms with E-state index >= 15 is 0 Å². The molecule has 0 saturated carbocycles. The Balaban J connectivity index is 1.78. The van der Waals surface area contributed by atoms with Gasteiger partial charge in [-0.1, -0.05) is 0 Å². The van der Waals surface area contributed by atoms with Crippen molar-refractivity contribution in [2.45, 2.75) is 19.9 Å². The third-order valence-corrected chi connectivity index (χ3v) is 4.15. The third kappa shape index (κ3) is 4.68. The smallest absolute Gasteiger partial charge is 0.409 e. The third-order valence-electron chi connectivity index (χ3n) is 3.79. The Kier molecular flexibility index (Phi) is 6.56. The second-order valence-electron chi connectivity index (χ2n) is 5.42. The summed E-state index contributed by atoms with van der Waals surface area (Å²) in [6, 6.07) is 5.05. The highest BCUT2D eigenvalue weighted by molar-refractivity contribution is 7.80. The van der Waals surface area contributed by atoms with Crippen LogP contribution in [0, 0.1) is 5.21 Å². The van der Waals surface area contributed by atoms with Gasteiger partial charge in [0.25, 0.3) is 0 Å². The first-order valence-electron chi connectivity index (χ1n) is 7.93. The van der Waals surface area contributed by atoms with Gasteiger partial charge < -0.3 is 19.7 Å². The summed E-state index contributed by atoms with van der Waals surface area (Å²) in [5, 5.41) is 12.3. The monoisotopic (exact) mass is 353 g/mol. The molecule has 1 saturated heterocycles. The second-order valence-corrected chi connectivity index (χ2v) is 5.81. The molecule has 0 aliphatic carbocycles. The van der Waals surface area contributed by atoms with Crippen LogP contribution in [0.5, 0.6) is 0 Å². The van der Waals surface area contributed by atoms with E-state index in [9.17, 15) is 10.0 Å². The number of amides is 1. The highest BCUT2D eigenvalue weighted by atomic mass is 32.1. The van der Waals surface area contributed by atoms with E-state index in [-0.39, 0.29) is 12.1 Å². The van der Waals surface area contributed by atoms with Gasteiger partial charge in [0.1, 0.15) is 6.04 Å². The number of carbonyl (C=O) groups is 1. The van der Waals surface area contributed by atoms with E-state index in [2.05, 4.69) is 10.9 Å². The Morgan fingerprint density at radius 3 is 2.67 bits per heavy atom. The van der Waals surface area contributed by atoms with Gasteiger partial charge in [-0.05, 0) is 32.1 Å². The molecule has 2 rings (SSSR count). The number of hydrogen-bond donors (Lipinski definition) is 2. The van der Waals surface area contributed by atoms with Crippen molar-refractivity contribution in [1.29, 1.82) is 0 Å². The lowest BCUT2D eigenvalue weighted by Crippen LogP contribution is -2.55. The Morgan fingerprint density at radius 1 is 1.38 bits per heavy atom. The number of ether oxygens (including phenoxy) is 1. The average Bonchev–Trinajstić information content (AvgIpc) is 2.60. The van der Waals surface area contributed by atoms with Crippen LogP contribution in [0.15, 0.2) is 24.4 Å². The van der Waals surface area contributed by atoms with Crippen LogP contribution in [0.3, 0.4) is 0 Å². The quantitative estimate of drug-likeness (QED) is 0.354. The zero-order valence-corrected chi connectivity index (χ0v) is 14.7. The van der Waals surface area contributed by atoms with Crippen LogP contribution in [0.25, 0.3) is 0 Å². The molecule has 2 N–H and O–H groups in total. The molecular formula is C15H23N5O3S. The maximum absolute atomic E-state index is 11.7. The molecule has 8 nitrogen and oxygen atoms in total. The van der Waals surface area contributed by atoms with Gasteiger partial charge in [0.05, 0.1) is 6.61 Å². The second kappa shape index (κ2) is 8.65. The predicted octanol–water partition coefficient (Wildman–Crippen LogP) is 0.534. The van der Waals surface area contributed by atoms with Crippen LogP contribution >= 0.6 is 12.2 Å². The summed E-state index contributed by atoms with van der Waals surface area (Å²) in [7, 11) is 0. The van der Waals surface area contributed by atoms with Crippen molar-refractivity contribution in [2.24, 2.45) is 0 Å². The van der Waals surface area contributed by atoms with E-state index < -0.39 is 0 Å². The minimum atomic E-state index is -0.285. The van der Waals surface area contributed by atoms with Gasteiger partial charge in [-0.15, -0.1) is 0 Å². The standard InChI is InChI=1S/C15H23N5O3S/c1-3-23-15(21)19-10-8-18(9-11-19)14(24)17-16-12(2)13-6-4-5-7-20(13)22/h4-7,12,16H,3,8-11H2,1-2H3,(H,17,24)/t12-/m1/s1. The van der Waals surface area contributed by atoms with Crippen LogP contribution in [-0.4, -0.2) is 53.8 Å². The molecule has 1 atom stereocenters. The lowest BCUT2D eigenvalue weighted by Gasteiger charge is -2.35. The highest BCUT2D eigenvalue weighted by Gasteiger charge is 2.23. The molecule has 1 aromatic rings. The molecule has 9 heteroatoms. The number of piperazine rings is 1. The zero-order chi connectivity index (χ0) is 17.5. The number of thiocarbonyl (C=S) groups is 1. The van der Waals surface area contributed by atoms with Crippen molar-refractivity contribution in [3.05, 3.63) is 35.3 Å². The number of hydrazine groups is 1. The molecule has 0 spiro atoms. The summed E-state index contributed by atoms with van der Waals surface area (Å²) in [4.78, 5) is 15.3. The van der Waals surface area contributed by atoms with Gasteiger partial charge in [-0.2, -0.15) is 4.73 Å². The van der Waals surface area contributed by atoms with E-state index in [0.717, 1.165) is 4.73 Å². The topological polar surface area (TPSA) is 83.8 Å². The average molecular weight is 353 g/mol. The maximum atomic E-state index is 11.7. The van der Waals surface area contributed by atoms with Crippen molar-refractivity contribution in [3.8, 4) is 0 Å². The number of nitrogens with one attached hydrogen (secondary N) is 2. The number of nitrogens with zero attached hydrogens (tertiary/aromatic N) is 3. The lowest BCUT2D eigenvalue weighted by atomic mass is 10.2. The molecular weight excluding hydrogens is 330 g/mol. The highest BCUT2D eigenvalue weighted by Crippen LogP contribution is 2.06. The van der Waals surface area contributed by atoms with Crippen LogP contribution in [-0.2, 0) is 4.74 Å². The molecule has 24 heavy (non-hydrogen) atoms. The first kappa shape index (κ1) is 18.2. The molecule has 0 aromatic carbocycles. The molecule has 0 unspecified atom stereocenters. The molecule has 1 amide bonds. The van der Waals surface area contributed by atoms with Gasteiger partial charge in [-0.25, -0.2) is 10.2 Å². The Morgan fingerprint density at radius 2 is 2.04 bits per heavy atom. The van der Waals surface area contributed by atoms with Crippen molar-refractivity contribution >= 4 is 23.4 Å². The van der Waals surface area contributed by atoms with Gasteiger partial charge >= 0.3 is 6.09 Å². The predicted molar refractivity (Wildman–Crippen MR) is 92.9 cm³/mol. The van der Waals surface area contributed by atoms with Gasteiger partial charge in [0.2, 0.25) is 5.69 Å². The SMILES string of the molecule is CCOC(=O)N1CCN(C(=S)NN[C@H](C)c2cccc[n+]2[O-])CC1. The summed E-state index contributed by atoms with van der Waals surface area (Å²) >= 11 is 5.36. The van der Waals surface area contributed by atoms with Crippen molar-refractivity contribution in [1.82, 2.24) is 20.7 Å². The summed E-state index contributed by atoms with van der Waals surface area (Å²) in [5.41, 5.74) is 6.60. The molecule has 2 heterocycles.